The quantitative estimate of drug-likeness (QED) is 0.905. The van der Waals surface area contributed by atoms with Crippen molar-refractivity contribution >= 4 is 35.1 Å². The molecule has 5 nitrogen and oxygen atoms in total. The molecule has 0 saturated carbocycles. The van der Waals surface area contributed by atoms with Gasteiger partial charge < -0.3 is 15.0 Å². The van der Waals surface area contributed by atoms with Gasteiger partial charge in [0.25, 0.3) is 5.91 Å². The van der Waals surface area contributed by atoms with Crippen molar-refractivity contribution < 1.29 is 14.7 Å². The number of carboxylic acid groups (broad SMARTS) is 1. The van der Waals surface area contributed by atoms with E-state index in [0.29, 0.717) is 17.3 Å². The van der Waals surface area contributed by atoms with Crippen molar-refractivity contribution in [3.05, 3.63) is 57.3 Å². The maximum absolute atomic E-state index is 12.2. The average Bonchev–Trinajstić information content (AvgIpc) is 2.78. The highest BCUT2D eigenvalue weighted by atomic mass is 35.5. The minimum atomic E-state index is -0.985. The fourth-order valence-corrected chi connectivity index (χ4v) is 2.14. The number of aromatic nitrogens is 1. The van der Waals surface area contributed by atoms with Gasteiger partial charge in [-0.1, -0.05) is 35.3 Å². The van der Waals surface area contributed by atoms with Crippen LogP contribution in [0, 0.1) is 0 Å². The Morgan fingerprint density at radius 3 is 2.33 bits per heavy atom. The van der Waals surface area contributed by atoms with Crippen LogP contribution in [0.15, 0.2) is 30.3 Å². The van der Waals surface area contributed by atoms with Gasteiger partial charge in [-0.25, -0.2) is 4.79 Å². The Balaban J connectivity index is 2.08. The summed E-state index contributed by atoms with van der Waals surface area (Å²) in [5.41, 5.74) is 1.32. The number of aromatic amines is 1. The summed E-state index contributed by atoms with van der Waals surface area (Å²) in [6.45, 7) is 0.340. The lowest BCUT2D eigenvalue weighted by molar-refractivity contribution is 0.0695. The average molecular weight is 327 g/mol. The zero-order valence-electron chi connectivity index (χ0n) is 11.1. The zero-order chi connectivity index (χ0) is 15.6. The standard InChI is InChI=1S/C14H12Cl2N2O3/c1-18(13(19)11-6-10(15)12(16)17-11)7-8-2-4-9(5-3-8)14(20)21/h2-6,17H,7H2,1H3,(H,20,21). The van der Waals surface area contributed by atoms with Gasteiger partial charge in [0.1, 0.15) is 10.8 Å². The molecule has 0 unspecified atom stereocenters. The van der Waals surface area contributed by atoms with E-state index >= 15 is 0 Å². The lowest BCUT2D eigenvalue weighted by Crippen LogP contribution is -2.26. The van der Waals surface area contributed by atoms with Crippen LogP contribution in [0.4, 0.5) is 0 Å². The van der Waals surface area contributed by atoms with Gasteiger partial charge in [-0.05, 0) is 23.8 Å². The smallest absolute Gasteiger partial charge is 0.335 e. The fraction of sp³-hybridized carbons (Fsp3) is 0.143. The van der Waals surface area contributed by atoms with E-state index in [0.717, 1.165) is 5.56 Å². The number of amides is 1. The van der Waals surface area contributed by atoms with Gasteiger partial charge in [0.15, 0.2) is 0 Å². The van der Waals surface area contributed by atoms with Crippen molar-refractivity contribution in [2.45, 2.75) is 6.54 Å². The summed E-state index contributed by atoms with van der Waals surface area (Å²) < 4.78 is 0. The van der Waals surface area contributed by atoms with E-state index in [1.54, 1.807) is 19.2 Å². The molecule has 1 heterocycles. The Bertz CT molecular complexity index is 661. The third kappa shape index (κ3) is 3.56. The van der Waals surface area contributed by atoms with Crippen LogP contribution in [-0.4, -0.2) is 33.9 Å². The molecule has 0 bridgehead atoms. The third-order valence-corrected chi connectivity index (χ3v) is 3.62. The molecule has 0 saturated heterocycles. The second-order valence-corrected chi connectivity index (χ2v) is 5.29. The molecular weight excluding hydrogens is 315 g/mol. The molecule has 0 aliphatic rings. The van der Waals surface area contributed by atoms with Crippen LogP contribution in [0.1, 0.15) is 26.4 Å². The van der Waals surface area contributed by atoms with Gasteiger partial charge in [0.05, 0.1) is 10.6 Å². The Hall–Kier alpha value is -1.98. The SMILES string of the molecule is CN(Cc1ccc(C(=O)O)cc1)C(=O)c1cc(Cl)c(Cl)[nH]1. The number of hydrogen-bond acceptors (Lipinski definition) is 2. The predicted octanol–water partition coefficient (Wildman–Crippen LogP) is 3.29. The van der Waals surface area contributed by atoms with Crippen LogP contribution in [0.5, 0.6) is 0 Å². The molecule has 2 N–H and O–H groups in total. The highest BCUT2D eigenvalue weighted by Gasteiger charge is 2.16. The van der Waals surface area contributed by atoms with Gasteiger partial charge in [-0.2, -0.15) is 0 Å². The van der Waals surface area contributed by atoms with Gasteiger partial charge >= 0.3 is 5.97 Å². The van der Waals surface area contributed by atoms with Crippen LogP contribution in [0.3, 0.4) is 0 Å². The Kier molecular flexibility index (Phi) is 4.55. The van der Waals surface area contributed by atoms with E-state index in [1.807, 2.05) is 0 Å². The summed E-state index contributed by atoms with van der Waals surface area (Å²) >= 11 is 11.6. The van der Waals surface area contributed by atoms with Crippen molar-refractivity contribution in [2.75, 3.05) is 7.05 Å². The van der Waals surface area contributed by atoms with E-state index in [9.17, 15) is 9.59 Å². The molecule has 0 aliphatic heterocycles. The van der Waals surface area contributed by atoms with Gasteiger partial charge in [-0.15, -0.1) is 0 Å². The normalized spacial score (nSPS) is 10.4. The summed E-state index contributed by atoms with van der Waals surface area (Å²) in [6.07, 6.45) is 0. The lowest BCUT2D eigenvalue weighted by Gasteiger charge is -2.16. The number of rotatable bonds is 4. The Labute approximate surface area is 131 Å². The molecule has 0 atom stereocenters. The number of hydrogen-bond donors (Lipinski definition) is 2. The van der Waals surface area contributed by atoms with Crippen molar-refractivity contribution in [2.24, 2.45) is 0 Å². The van der Waals surface area contributed by atoms with Crippen LogP contribution in [0.2, 0.25) is 10.2 Å². The number of aromatic carboxylic acids is 1. The highest BCUT2D eigenvalue weighted by molar-refractivity contribution is 6.41. The van der Waals surface area contributed by atoms with E-state index in [1.165, 1.54) is 23.1 Å². The first-order chi connectivity index (χ1) is 9.88. The zero-order valence-corrected chi connectivity index (χ0v) is 12.6. The molecule has 2 aromatic rings. The summed E-state index contributed by atoms with van der Waals surface area (Å²) in [7, 11) is 1.64. The van der Waals surface area contributed by atoms with Crippen molar-refractivity contribution in [1.29, 1.82) is 0 Å². The second kappa shape index (κ2) is 6.20. The van der Waals surface area contributed by atoms with Crippen LogP contribution < -0.4 is 0 Å². The number of benzene rings is 1. The molecule has 0 radical (unpaired) electrons. The summed E-state index contributed by atoms with van der Waals surface area (Å²) in [5.74, 6) is -1.24. The van der Waals surface area contributed by atoms with Crippen molar-refractivity contribution in [3.8, 4) is 0 Å². The summed E-state index contributed by atoms with van der Waals surface area (Å²) in [4.78, 5) is 27.1. The van der Waals surface area contributed by atoms with Gasteiger partial charge in [0.2, 0.25) is 0 Å². The number of carbonyl (C=O) groups is 2. The Morgan fingerprint density at radius 1 is 1.24 bits per heavy atom. The first-order valence-corrected chi connectivity index (χ1v) is 6.76. The molecule has 1 aromatic heterocycles. The van der Waals surface area contributed by atoms with Crippen LogP contribution >= 0.6 is 23.2 Å². The van der Waals surface area contributed by atoms with Crippen molar-refractivity contribution in [3.63, 3.8) is 0 Å². The number of H-pyrrole nitrogens is 1. The summed E-state index contributed by atoms with van der Waals surface area (Å²) in [5, 5.41) is 9.34. The number of nitrogens with zero attached hydrogens (tertiary/aromatic N) is 1. The largest absolute Gasteiger partial charge is 0.478 e. The monoisotopic (exact) mass is 326 g/mol. The molecular formula is C14H12Cl2N2O3. The summed E-state index contributed by atoms with van der Waals surface area (Å²) in [6, 6.07) is 7.80. The van der Waals surface area contributed by atoms with E-state index in [2.05, 4.69) is 4.98 Å². The number of carboxylic acids is 1. The molecule has 1 aromatic carbocycles. The molecule has 0 fully saturated rings. The molecule has 0 aliphatic carbocycles. The number of carbonyl (C=O) groups excluding carboxylic acids is 1. The van der Waals surface area contributed by atoms with Crippen LogP contribution in [0.25, 0.3) is 0 Å². The molecule has 21 heavy (non-hydrogen) atoms. The molecule has 110 valence electrons. The minimum absolute atomic E-state index is 0.204. The molecule has 0 spiro atoms. The number of halogens is 2. The predicted molar refractivity (Wildman–Crippen MR) is 80.0 cm³/mol. The second-order valence-electron chi connectivity index (χ2n) is 4.51. The van der Waals surface area contributed by atoms with E-state index < -0.39 is 5.97 Å². The highest BCUT2D eigenvalue weighted by Crippen LogP contribution is 2.22. The minimum Gasteiger partial charge on any atom is -0.478 e. The number of nitrogens with one attached hydrogen (secondary N) is 1. The van der Waals surface area contributed by atoms with E-state index in [-0.39, 0.29) is 16.6 Å². The maximum Gasteiger partial charge on any atom is 0.335 e. The molecule has 7 heteroatoms. The lowest BCUT2D eigenvalue weighted by atomic mass is 10.1. The topological polar surface area (TPSA) is 73.4 Å². The van der Waals surface area contributed by atoms with E-state index in [4.69, 9.17) is 28.3 Å². The van der Waals surface area contributed by atoms with Crippen molar-refractivity contribution in [1.82, 2.24) is 9.88 Å². The molecule has 2 rings (SSSR count). The molecule has 1 amide bonds. The third-order valence-electron chi connectivity index (χ3n) is 2.92. The first-order valence-electron chi connectivity index (χ1n) is 6.00. The Morgan fingerprint density at radius 2 is 1.86 bits per heavy atom. The first kappa shape index (κ1) is 15.4. The maximum atomic E-state index is 12.2. The van der Waals surface area contributed by atoms with Gasteiger partial charge in [-0.3, -0.25) is 4.79 Å². The fourth-order valence-electron chi connectivity index (χ4n) is 1.82. The van der Waals surface area contributed by atoms with Gasteiger partial charge in [0, 0.05) is 13.6 Å². The van der Waals surface area contributed by atoms with Crippen LogP contribution in [-0.2, 0) is 6.54 Å².